The summed E-state index contributed by atoms with van der Waals surface area (Å²) in [6.45, 7) is 3.32. The molecule has 0 bridgehead atoms. The van der Waals surface area contributed by atoms with E-state index in [2.05, 4.69) is 5.32 Å². The number of rotatable bonds is 6. The molecule has 1 aromatic rings. The summed E-state index contributed by atoms with van der Waals surface area (Å²) in [5.74, 6) is -3.00. The number of aryl methyl sites for hydroxylation is 1. The number of hydrogen-bond acceptors (Lipinski definition) is 2. The Morgan fingerprint density at radius 3 is 2.57 bits per heavy atom. The van der Waals surface area contributed by atoms with Crippen molar-refractivity contribution in [2.24, 2.45) is 0 Å². The molecule has 1 rings (SSSR count). The molecule has 0 saturated carbocycles. The smallest absolute Gasteiger partial charge is 0.326 e. The Kier molecular flexibility index (Phi) is 6.08. The van der Waals surface area contributed by atoms with Crippen LogP contribution in [0.5, 0.6) is 0 Å². The van der Waals surface area contributed by atoms with E-state index in [0.29, 0.717) is 6.42 Å². The van der Waals surface area contributed by atoms with Crippen LogP contribution in [-0.4, -0.2) is 23.1 Å². The molecule has 7 heteroatoms. The third kappa shape index (κ3) is 4.70. The van der Waals surface area contributed by atoms with Gasteiger partial charge < -0.3 is 15.7 Å². The van der Waals surface area contributed by atoms with Gasteiger partial charge >= 0.3 is 12.0 Å². The number of benzene rings is 1. The van der Waals surface area contributed by atoms with Gasteiger partial charge in [-0.15, -0.1) is 0 Å². The van der Waals surface area contributed by atoms with Gasteiger partial charge in [-0.3, -0.25) is 0 Å². The zero-order chi connectivity index (χ0) is 16.0. The zero-order valence-corrected chi connectivity index (χ0v) is 11.9. The van der Waals surface area contributed by atoms with Crippen molar-refractivity contribution in [2.75, 3.05) is 5.32 Å². The van der Waals surface area contributed by atoms with Gasteiger partial charge in [0.15, 0.2) is 5.82 Å². The predicted molar refractivity (Wildman–Crippen MR) is 74.2 cm³/mol. The SMILES string of the molecule is CCCC[C@H](NC(=O)Nc1c(F)ccc(C)c1F)C(=O)O. The number of carboxylic acid groups (broad SMARTS) is 1. The van der Waals surface area contributed by atoms with Crippen LogP contribution >= 0.6 is 0 Å². The molecule has 1 aromatic carbocycles. The van der Waals surface area contributed by atoms with Crippen LogP contribution in [0.4, 0.5) is 19.3 Å². The molecular formula is C14H18F2N2O3. The molecule has 2 amide bonds. The first-order chi connectivity index (χ1) is 9.86. The average molecular weight is 300 g/mol. The summed E-state index contributed by atoms with van der Waals surface area (Å²) in [6.07, 6.45) is 1.64. The number of carbonyl (C=O) groups is 2. The lowest BCUT2D eigenvalue weighted by molar-refractivity contribution is -0.139. The van der Waals surface area contributed by atoms with Crippen LogP contribution in [0, 0.1) is 18.6 Å². The van der Waals surface area contributed by atoms with E-state index in [4.69, 9.17) is 5.11 Å². The topological polar surface area (TPSA) is 78.4 Å². The molecule has 0 spiro atoms. The van der Waals surface area contributed by atoms with E-state index < -0.39 is 35.4 Å². The molecule has 0 radical (unpaired) electrons. The standard InChI is InChI=1S/C14H18F2N2O3/c1-3-4-5-10(13(19)20)17-14(21)18-12-9(15)7-6-8(2)11(12)16/h6-7,10H,3-5H2,1-2H3,(H,19,20)(H2,17,18,21)/t10-/m0/s1. The third-order valence-electron chi connectivity index (χ3n) is 2.97. The Hall–Kier alpha value is -2.18. The normalized spacial score (nSPS) is 11.8. The van der Waals surface area contributed by atoms with Crippen molar-refractivity contribution in [3.05, 3.63) is 29.3 Å². The molecule has 116 valence electrons. The molecule has 21 heavy (non-hydrogen) atoms. The quantitative estimate of drug-likeness (QED) is 0.755. The van der Waals surface area contributed by atoms with Gasteiger partial charge in [0.2, 0.25) is 0 Å². The number of carboxylic acids is 1. The van der Waals surface area contributed by atoms with Crippen molar-refractivity contribution < 1.29 is 23.5 Å². The number of anilines is 1. The molecule has 0 aliphatic carbocycles. The maximum Gasteiger partial charge on any atom is 0.326 e. The van der Waals surface area contributed by atoms with Crippen LogP contribution < -0.4 is 10.6 Å². The minimum atomic E-state index is -1.19. The summed E-state index contributed by atoms with van der Waals surface area (Å²) in [5, 5.41) is 13.2. The second kappa shape index (κ2) is 7.56. The molecule has 3 N–H and O–H groups in total. The lowest BCUT2D eigenvalue weighted by Crippen LogP contribution is -2.43. The minimum absolute atomic E-state index is 0.174. The van der Waals surface area contributed by atoms with Crippen LogP contribution in [0.1, 0.15) is 31.7 Å². The van der Waals surface area contributed by atoms with Crippen LogP contribution in [0.3, 0.4) is 0 Å². The number of aliphatic carboxylic acids is 1. The monoisotopic (exact) mass is 300 g/mol. The fourth-order valence-corrected chi connectivity index (χ4v) is 1.74. The number of carbonyl (C=O) groups excluding carboxylic acids is 1. The van der Waals surface area contributed by atoms with Crippen molar-refractivity contribution in [2.45, 2.75) is 39.2 Å². The first-order valence-electron chi connectivity index (χ1n) is 6.61. The molecular weight excluding hydrogens is 282 g/mol. The summed E-state index contributed by atoms with van der Waals surface area (Å²) in [4.78, 5) is 22.7. The van der Waals surface area contributed by atoms with Crippen molar-refractivity contribution >= 4 is 17.7 Å². The predicted octanol–water partition coefficient (Wildman–Crippen LogP) is 3.04. The van der Waals surface area contributed by atoms with Crippen molar-refractivity contribution in [1.82, 2.24) is 5.32 Å². The van der Waals surface area contributed by atoms with E-state index >= 15 is 0 Å². The van der Waals surface area contributed by atoms with E-state index in [1.165, 1.54) is 13.0 Å². The first kappa shape index (κ1) is 16.9. The third-order valence-corrected chi connectivity index (χ3v) is 2.97. The van der Waals surface area contributed by atoms with Crippen LogP contribution in [-0.2, 0) is 4.79 Å². The van der Waals surface area contributed by atoms with E-state index in [1.54, 1.807) is 0 Å². The number of amides is 2. The van der Waals surface area contributed by atoms with Crippen molar-refractivity contribution in [3.8, 4) is 0 Å². The van der Waals surface area contributed by atoms with Gasteiger partial charge in [-0.2, -0.15) is 0 Å². The van der Waals surface area contributed by atoms with E-state index in [9.17, 15) is 18.4 Å². The van der Waals surface area contributed by atoms with E-state index in [1.807, 2.05) is 12.2 Å². The summed E-state index contributed by atoms with van der Waals surface area (Å²) in [7, 11) is 0. The highest BCUT2D eigenvalue weighted by Gasteiger charge is 2.21. The molecule has 0 heterocycles. The van der Waals surface area contributed by atoms with Gasteiger partial charge in [-0.1, -0.05) is 25.8 Å². The summed E-state index contributed by atoms with van der Waals surface area (Å²) < 4.78 is 27.2. The Bertz CT molecular complexity index is 535. The zero-order valence-electron chi connectivity index (χ0n) is 11.9. The second-order valence-electron chi connectivity index (χ2n) is 4.68. The Labute approximate surface area is 121 Å². The lowest BCUT2D eigenvalue weighted by atomic mass is 10.1. The van der Waals surface area contributed by atoms with Crippen molar-refractivity contribution in [1.29, 1.82) is 0 Å². The summed E-state index contributed by atoms with van der Waals surface area (Å²) >= 11 is 0. The fourth-order valence-electron chi connectivity index (χ4n) is 1.74. The van der Waals surface area contributed by atoms with Crippen molar-refractivity contribution in [3.63, 3.8) is 0 Å². The van der Waals surface area contributed by atoms with Gasteiger partial charge in [0.05, 0.1) is 0 Å². The minimum Gasteiger partial charge on any atom is -0.480 e. The second-order valence-corrected chi connectivity index (χ2v) is 4.68. The molecule has 0 aliphatic heterocycles. The maximum atomic E-state index is 13.7. The molecule has 1 atom stereocenters. The highest BCUT2D eigenvalue weighted by molar-refractivity contribution is 5.92. The summed E-state index contributed by atoms with van der Waals surface area (Å²) in [5.41, 5.74) is -0.417. The largest absolute Gasteiger partial charge is 0.480 e. The number of unbranched alkanes of at least 4 members (excludes halogenated alkanes) is 1. The number of urea groups is 1. The Balaban J connectivity index is 2.77. The average Bonchev–Trinajstić information content (AvgIpc) is 2.43. The highest BCUT2D eigenvalue weighted by Crippen LogP contribution is 2.21. The van der Waals surface area contributed by atoms with Gasteiger partial charge in [0, 0.05) is 0 Å². The molecule has 0 fully saturated rings. The van der Waals surface area contributed by atoms with Crippen LogP contribution in [0.15, 0.2) is 12.1 Å². The van der Waals surface area contributed by atoms with Crippen LogP contribution in [0.25, 0.3) is 0 Å². The number of hydrogen-bond donors (Lipinski definition) is 3. The van der Waals surface area contributed by atoms with Gasteiger partial charge in [0.25, 0.3) is 0 Å². The lowest BCUT2D eigenvalue weighted by Gasteiger charge is -2.15. The highest BCUT2D eigenvalue weighted by atomic mass is 19.1. The molecule has 5 nitrogen and oxygen atoms in total. The van der Waals surface area contributed by atoms with Gasteiger partial charge in [0.1, 0.15) is 17.5 Å². The molecule has 0 aromatic heterocycles. The Morgan fingerprint density at radius 2 is 2.00 bits per heavy atom. The maximum absolute atomic E-state index is 13.7. The first-order valence-corrected chi connectivity index (χ1v) is 6.61. The van der Waals surface area contributed by atoms with Gasteiger partial charge in [-0.05, 0) is 25.0 Å². The molecule has 0 unspecified atom stereocenters. The number of halogens is 2. The number of nitrogens with one attached hydrogen (secondary N) is 2. The van der Waals surface area contributed by atoms with E-state index in [0.717, 1.165) is 12.5 Å². The molecule has 0 saturated heterocycles. The summed E-state index contributed by atoms with van der Waals surface area (Å²) in [6, 6.07) is 0.220. The van der Waals surface area contributed by atoms with E-state index in [-0.39, 0.29) is 12.0 Å². The van der Waals surface area contributed by atoms with Crippen LogP contribution in [0.2, 0.25) is 0 Å². The Morgan fingerprint density at radius 1 is 1.33 bits per heavy atom. The van der Waals surface area contributed by atoms with Gasteiger partial charge in [-0.25, -0.2) is 18.4 Å². The fraction of sp³-hybridized carbons (Fsp3) is 0.429. The molecule has 0 aliphatic rings.